The van der Waals surface area contributed by atoms with E-state index in [1.54, 1.807) is 7.11 Å². The fourth-order valence-electron chi connectivity index (χ4n) is 2.15. The summed E-state index contributed by atoms with van der Waals surface area (Å²) < 4.78 is 19.8. The molecule has 1 saturated heterocycles. The van der Waals surface area contributed by atoms with E-state index in [-0.39, 0.29) is 5.82 Å². The lowest BCUT2D eigenvalue weighted by Crippen LogP contribution is -2.27. The van der Waals surface area contributed by atoms with Gasteiger partial charge in [0.05, 0.1) is 11.6 Å². The molecule has 1 heterocycles. The second-order valence-corrected chi connectivity index (χ2v) is 4.89. The average Bonchev–Trinajstić information content (AvgIpc) is 2.32. The van der Waals surface area contributed by atoms with Gasteiger partial charge in [0.2, 0.25) is 0 Å². The van der Waals surface area contributed by atoms with Crippen LogP contribution < -0.4 is 10.1 Å². The van der Waals surface area contributed by atoms with Crippen LogP contribution >= 0.6 is 15.9 Å². The number of methoxy groups -OCH3 is 1. The molecule has 16 heavy (non-hydrogen) atoms. The van der Waals surface area contributed by atoms with E-state index in [4.69, 9.17) is 4.74 Å². The average molecular weight is 288 g/mol. The number of halogens is 2. The van der Waals surface area contributed by atoms with E-state index in [9.17, 15) is 4.39 Å². The Morgan fingerprint density at radius 2 is 2.06 bits per heavy atom. The maximum Gasteiger partial charge on any atom is 0.135 e. The van der Waals surface area contributed by atoms with Gasteiger partial charge in [-0.25, -0.2) is 4.39 Å². The predicted octanol–water partition coefficient (Wildman–Crippen LogP) is 3.06. The Balaban J connectivity index is 2.29. The number of hydrogen-bond acceptors (Lipinski definition) is 2. The maximum absolute atomic E-state index is 13.9. The van der Waals surface area contributed by atoms with Gasteiger partial charge in [-0.05, 0) is 59.4 Å². The third-order valence-electron chi connectivity index (χ3n) is 3.05. The molecule has 4 heteroatoms. The molecule has 1 aliphatic heterocycles. The van der Waals surface area contributed by atoms with Crippen LogP contribution in [0.2, 0.25) is 0 Å². The molecular weight excluding hydrogens is 273 g/mol. The first-order valence-corrected chi connectivity index (χ1v) is 6.25. The van der Waals surface area contributed by atoms with Crippen LogP contribution in [0.25, 0.3) is 0 Å². The van der Waals surface area contributed by atoms with Crippen molar-refractivity contribution >= 4 is 15.9 Å². The lowest BCUT2D eigenvalue weighted by molar-refractivity contribution is 0.404. The first kappa shape index (κ1) is 11.9. The molecule has 0 aliphatic carbocycles. The summed E-state index contributed by atoms with van der Waals surface area (Å²) in [5, 5.41) is 3.28. The molecule has 0 atom stereocenters. The summed E-state index contributed by atoms with van der Waals surface area (Å²) in [6.07, 6.45) is 1.99. The second kappa shape index (κ2) is 5.15. The molecule has 1 N–H and O–H groups in total. The summed E-state index contributed by atoms with van der Waals surface area (Å²) in [4.78, 5) is 0. The summed E-state index contributed by atoms with van der Waals surface area (Å²) in [6.45, 7) is 1.93. The zero-order valence-corrected chi connectivity index (χ0v) is 10.8. The van der Waals surface area contributed by atoms with Crippen molar-refractivity contribution in [2.24, 2.45) is 0 Å². The second-order valence-electron chi connectivity index (χ2n) is 4.03. The number of nitrogens with one attached hydrogen (secondary N) is 1. The molecule has 2 rings (SSSR count). The van der Waals surface area contributed by atoms with Gasteiger partial charge in [-0.15, -0.1) is 0 Å². The lowest BCUT2D eigenvalue weighted by atomic mass is 9.90. The zero-order valence-electron chi connectivity index (χ0n) is 9.22. The van der Waals surface area contributed by atoms with E-state index >= 15 is 0 Å². The highest BCUT2D eigenvalue weighted by Gasteiger charge is 2.20. The van der Waals surface area contributed by atoms with E-state index in [0.29, 0.717) is 11.7 Å². The summed E-state index contributed by atoms with van der Waals surface area (Å²) in [5.74, 6) is 0.714. The molecule has 2 nitrogen and oxygen atoms in total. The molecule has 1 aromatic rings. The summed E-state index contributed by atoms with van der Waals surface area (Å²) in [7, 11) is 1.55. The highest BCUT2D eigenvalue weighted by molar-refractivity contribution is 9.10. The maximum atomic E-state index is 13.9. The van der Waals surface area contributed by atoms with Crippen molar-refractivity contribution in [3.63, 3.8) is 0 Å². The monoisotopic (exact) mass is 287 g/mol. The Morgan fingerprint density at radius 3 is 2.69 bits per heavy atom. The highest BCUT2D eigenvalue weighted by atomic mass is 79.9. The molecule has 88 valence electrons. The van der Waals surface area contributed by atoms with Crippen molar-refractivity contribution in [1.29, 1.82) is 0 Å². The molecule has 0 amide bonds. The van der Waals surface area contributed by atoms with Gasteiger partial charge in [-0.3, -0.25) is 0 Å². The van der Waals surface area contributed by atoms with Crippen LogP contribution in [0.5, 0.6) is 5.75 Å². The SMILES string of the molecule is COc1cc(F)c(C2CCNCC2)cc1Br. The first-order chi connectivity index (χ1) is 7.72. The number of benzene rings is 1. The molecule has 0 radical (unpaired) electrons. The van der Waals surface area contributed by atoms with Gasteiger partial charge in [-0.1, -0.05) is 0 Å². The molecule has 0 aromatic heterocycles. The highest BCUT2D eigenvalue weighted by Crippen LogP contribution is 2.34. The smallest absolute Gasteiger partial charge is 0.135 e. The van der Waals surface area contributed by atoms with Crippen LogP contribution in [0.1, 0.15) is 24.3 Å². The summed E-state index contributed by atoms with van der Waals surface area (Å²) in [6, 6.07) is 3.31. The quantitative estimate of drug-likeness (QED) is 0.903. The van der Waals surface area contributed by atoms with Gasteiger partial charge in [0.1, 0.15) is 11.6 Å². The minimum atomic E-state index is -0.160. The molecule has 0 bridgehead atoms. The fraction of sp³-hybridized carbons (Fsp3) is 0.500. The Bertz CT molecular complexity index is 378. The van der Waals surface area contributed by atoms with Crippen molar-refractivity contribution in [3.05, 3.63) is 28.0 Å². The van der Waals surface area contributed by atoms with Crippen molar-refractivity contribution < 1.29 is 9.13 Å². The number of ether oxygens (including phenoxy) is 1. The third kappa shape index (κ3) is 2.38. The van der Waals surface area contributed by atoms with Crippen LogP contribution in [-0.4, -0.2) is 20.2 Å². The van der Waals surface area contributed by atoms with Gasteiger partial charge in [0, 0.05) is 6.07 Å². The van der Waals surface area contributed by atoms with Crippen LogP contribution in [0.3, 0.4) is 0 Å². The van der Waals surface area contributed by atoms with Crippen molar-refractivity contribution in [2.75, 3.05) is 20.2 Å². The Labute approximate surface area is 103 Å². The lowest BCUT2D eigenvalue weighted by Gasteiger charge is -2.23. The van der Waals surface area contributed by atoms with Gasteiger partial charge >= 0.3 is 0 Å². The van der Waals surface area contributed by atoms with Gasteiger partial charge in [0.15, 0.2) is 0 Å². The summed E-state index contributed by atoms with van der Waals surface area (Å²) >= 11 is 3.40. The number of piperidine rings is 1. The number of hydrogen-bond donors (Lipinski definition) is 1. The molecule has 1 fully saturated rings. The minimum absolute atomic E-state index is 0.160. The fourth-order valence-corrected chi connectivity index (χ4v) is 2.67. The van der Waals surface area contributed by atoms with E-state index in [1.807, 2.05) is 6.07 Å². The van der Waals surface area contributed by atoms with Gasteiger partial charge < -0.3 is 10.1 Å². The van der Waals surface area contributed by atoms with E-state index in [0.717, 1.165) is 36.0 Å². The van der Waals surface area contributed by atoms with Crippen LogP contribution in [-0.2, 0) is 0 Å². The zero-order chi connectivity index (χ0) is 11.5. The standard InChI is InChI=1S/C12H15BrFNO/c1-16-12-7-11(14)9(6-10(12)13)8-2-4-15-5-3-8/h6-8,15H,2-5H2,1H3. The van der Waals surface area contributed by atoms with Crippen molar-refractivity contribution in [3.8, 4) is 5.75 Å². The Morgan fingerprint density at radius 1 is 1.38 bits per heavy atom. The van der Waals surface area contributed by atoms with Crippen LogP contribution in [0, 0.1) is 5.82 Å². The first-order valence-electron chi connectivity index (χ1n) is 5.46. The Hall–Kier alpha value is -0.610. The van der Waals surface area contributed by atoms with Crippen molar-refractivity contribution in [2.45, 2.75) is 18.8 Å². The van der Waals surface area contributed by atoms with E-state index in [1.165, 1.54) is 6.07 Å². The molecule has 0 unspecified atom stereocenters. The predicted molar refractivity (Wildman–Crippen MR) is 65.5 cm³/mol. The van der Waals surface area contributed by atoms with Gasteiger partial charge in [-0.2, -0.15) is 0 Å². The third-order valence-corrected chi connectivity index (χ3v) is 3.67. The molecular formula is C12H15BrFNO. The van der Waals surface area contributed by atoms with E-state index in [2.05, 4.69) is 21.2 Å². The topological polar surface area (TPSA) is 21.3 Å². The van der Waals surface area contributed by atoms with Gasteiger partial charge in [0.25, 0.3) is 0 Å². The Kier molecular flexibility index (Phi) is 3.82. The van der Waals surface area contributed by atoms with Crippen LogP contribution in [0.4, 0.5) is 4.39 Å². The molecule has 1 aliphatic rings. The van der Waals surface area contributed by atoms with Crippen LogP contribution in [0.15, 0.2) is 16.6 Å². The molecule has 1 aromatic carbocycles. The van der Waals surface area contributed by atoms with Crippen molar-refractivity contribution in [1.82, 2.24) is 5.32 Å². The summed E-state index contributed by atoms with van der Waals surface area (Å²) in [5.41, 5.74) is 0.800. The van der Waals surface area contributed by atoms with E-state index < -0.39 is 0 Å². The molecule has 0 saturated carbocycles. The largest absolute Gasteiger partial charge is 0.495 e. The molecule has 0 spiro atoms. The number of rotatable bonds is 2. The minimum Gasteiger partial charge on any atom is -0.495 e. The normalized spacial score (nSPS) is 17.4.